The molecule has 1 aliphatic heterocycles. The Balaban J connectivity index is 1.24. The van der Waals surface area contributed by atoms with Crippen LogP contribution in [0, 0.1) is 34.9 Å². The van der Waals surface area contributed by atoms with Crippen molar-refractivity contribution in [2.75, 3.05) is 24.4 Å². The van der Waals surface area contributed by atoms with E-state index in [1.165, 1.54) is 78.4 Å². The smallest absolute Gasteiger partial charge is 0.303 e. The second-order valence-electron chi connectivity index (χ2n) is 11.2. The summed E-state index contributed by atoms with van der Waals surface area (Å²) < 4.78 is 42.3. The molecule has 5 fully saturated rings. The maximum Gasteiger partial charge on any atom is 0.303 e. The minimum Gasteiger partial charge on any atom is -0.353 e. The van der Waals surface area contributed by atoms with E-state index in [0.29, 0.717) is 25.1 Å². The van der Waals surface area contributed by atoms with Crippen LogP contribution in [0.25, 0.3) is 0 Å². The lowest BCUT2D eigenvalue weighted by molar-refractivity contribution is -0.130. The molecule has 8 heteroatoms. The predicted molar refractivity (Wildman–Crippen MR) is 126 cm³/mol. The summed E-state index contributed by atoms with van der Waals surface area (Å²) in [5, 5.41) is 3.33. The lowest BCUT2D eigenvalue weighted by Crippen LogP contribution is -2.57. The third-order valence-corrected chi connectivity index (χ3v) is 10.9. The average molecular weight is 478 g/mol. The van der Waals surface area contributed by atoms with Gasteiger partial charge >= 0.3 is 10.2 Å². The molecule has 33 heavy (non-hydrogen) atoms. The summed E-state index contributed by atoms with van der Waals surface area (Å²) in [4.78, 5) is 13.3. The highest BCUT2D eigenvalue weighted by molar-refractivity contribution is 7.90. The molecule has 1 aromatic carbocycles. The molecule has 2 atom stereocenters. The molecule has 1 aromatic rings. The van der Waals surface area contributed by atoms with Crippen molar-refractivity contribution in [1.29, 1.82) is 0 Å². The molecule has 1 heterocycles. The van der Waals surface area contributed by atoms with Gasteiger partial charge in [-0.1, -0.05) is 0 Å². The Labute approximate surface area is 197 Å². The van der Waals surface area contributed by atoms with Gasteiger partial charge in [0.15, 0.2) is 0 Å². The molecule has 5 aliphatic rings. The van der Waals surface area contributed by atoms with Gasteiger partial charge in [0.2, 0.25) is 5.91 Å². The van der Waals surface area contributed by atoms with Crippen LogP contribution in [0.5, 0.6) is 0 Å². The lowest BCUT2D eigenvalue weighted by Gasteiger charge is -2.59. The SMILES string of the molecule is C[C@@H](NC(=O)[C@@H]1CCCN(S(=O)(=O)N(C)c2ccc(F)cc2)C1)C12CC3CC(CC(C3)C1)C2. The van der Waals surface area contributed by atoms with Crippen molar-refractivity contribution >= 4 is 21.8 Å². The predicted octanol–water partition coefficient (Wildman–Crippen LogP) is 3.94. The van der Waals surface area contributed by atoms with E-state index in [1.807, 2.05) is 0 Å². The molecule has 0 spiro atoms. The molecule has 0 unspecified atom stereocenters. The standard InChI is InChI=1S/C25H36FN3O3S/c1-17(25-13-18-10-19(14-25)12-20(11-18)15-25)27-24(30)21-4-3-9-29(16-21)33(31,32)28(2)23-7-5-22(26)6-8-23/h5-8,17-21H,3-4,9-16H2,1-2H3,(H,27,30)/t17-,18?,19?,20?,21-,25?/m1/s1. The quantitative estimate of drug-likeness (QED) is 0.675. The van der Waals surface area contributed by atoms with Crippen molar-refractivity contribution in [3.05, 3.63) is 30.1 Å². The van der Waals surface area contributed by atoms with Gasteiger partial charge in [0, 0.05) is 26.2 Å². The number of halogens is 1. The van der Waals surface area contributed by atoms with Crippen LogP contribution in [0.3, 0.4) is 0 Å². The van der Waals surface area contributed by atoms with Gasteiger partial charge in [-0.15, -0.1) is 0 Å². The molecule has 0 aromatic heterocycles. The van der Waals surface area contributed by atoms with Gasteiger partial charge in [0.05, 0.1) is 11.6 Å². The zero-order valence-corrected chi connectivity index (χ0v) is 20.5. The molecule has 182 valence electrons. The first-order valence-electron chi connectivity index (χ1n) is 12.5. The molecular weight excluding hydrogens is 441 g/mol. The van der Waals surface area contributed by atoms with Gasteiger partial charge in [-0.2, -0.15) is 12.7 Å². The maximum absolute atomic E-state index is 13.3. The van der Waals surface area contributed by atoms with E-state index in [2.05, 4.69) is 12.2 Å². The van der Waals surface area contributed by atoms with E-state index in [4.69, 9.17) is 0 Å². The Hall–Kier alpha value is -1.67. The van der Waals surface area contributed by atoms with Crippen LogP contribution < -0.4 is 9.62 Å². The van der Waals surface area contributed by atoms with E-state index < -0.39 is 16.0 Å². The first kappa shape index (κ1) is 23.1. The monoisotopic (exact) mass is 477 g/mol. The molecule has 0 radical (unpaired) electrons. The number of carbonyl (C=O) groups excluding carboxylic acids is 1. The minimum absolute atomic E-state index is 0.0115. The Morgan fingerprint density at radius 3 is 2.27 bits per heavy atom. The lowest BCUT2D eigenvalue weighted by atomic mass is 9.48. The molecule has 4 aliphatic carbocycles. The first-order chi connectivity index (χ1) is 15.7. The van der Waals surface area contributed by atoms with Crippen LogP contribution in [0.1, 0.15) is 58.3 Å². The number of carbonyl (C=O) groups is 1. The van der Waals surface area contributed by atoms with Crippen LogP contribution in [0.15, 0.2) is 24.3 Å². The van der Waals surface area contributed by atoms with Crippen LogP contribution in [-0.2, 0) is 15.0 Å². The second-order valence-corrected chi connectivity index (χ2v) is 13.1. The fourth-order valence-corrected chi connectivity index (χ4v) is 8.98. The minimum atomic E-state index is -3.80. The van der Waals surface area contributed by atoms with Crippen LogP contribution in [-0.4, -0.2) is 44.8 Å². The van der Waals surface area contributed by atoms with Gasteiger partial charge in [-0.25, -0.2) is 4.39 Å². The molecular formula is C25H36FN3O3S. The van der Waals surface area contributed by atoms with Crippen molar-refractivity contribution in [3.8, 4) is 0 Å². The summed E-state index contributed by atoms with van der Waals surface area (Å²) in [7, 11) is -2.32. The van der Waals surface area contributed by atoms with E-state index in [1.54, 1.807) is 0 Å². The van der Waals surface area contributed by atoms with Crippen molar-refractivity contribution < 1.29 is 17.6 Å². The third-order valence-electron chi connectivity index (χ3n) is 8.98. The largest absolute Gasteiger partial charge is 0.353 e. The highest BCUT2D eigenvalue weighted by Crippen LogP contribution is 2.61. The fourth-order valence-electron chi connectivity index (χ4n) is 7.52. The summed E-state index contributed by atoms with van der Waals surface area (Å²) in [5.41, 5.74) is 0.631. The fraction of sp³-hybridized carbons (Fsp3) is 0.720. The topological polar surface area (TPSA) is 69.7 Å². The van der Waals surface area contributed by atoms with Gasteiger partial charge in [-0.3, -0.25) is 9.10 Å². The van der Waals surface area contributed by atoms with Crippen LogP contribution in [0.2, 0.25) is 0 Å². The summed E-state index contributed by atoms with van der Waals surface area (Å²) in [6.07, 6.45) is 9.16. The molecule has 1 saturated heterocycles. The third kappa shape index (κ3) is 4.29. The zero-order chi connectivity index (χ0) is 23.4. The van der Waals surface area contributed by atoms with Crippen molar-refractivity contribution in [3.63, 3.8) is 0 Å². The highest BCUT2D eigenvalue weighted by atomic mass is 32.2. The van der Waals surface area contributed by atoms with E-state index in [0.717, 1.165) is 17.8 Å². The number of nitrogens with zero attached hydrogens (tertiary/aromatic N) is 2. The second kappa shape index (κ2) is 8.52. The van der Waals surface area contributed by atoms with Crippen molar-refractivity contribution in [2.45, 2.75) is 64.3 Å². The Morgan fingerprint density at radius 1 is 1.12 bits per heavy atom. The molecule has 4 bridgehead atoms. The molecule has 6 rings (SSSR count). The van der Waals surface area contributed by atoms with Gasteiger partial charge in [0.1, 0.15) is 5.82 Å². The first-order valence-corrected chi connectivity index (χ1v) is 13.9. The number of anilines is 1. The number of hydrogen-bond acceptors (Lipinski definition) is 3. The molecule has 1 N–H and O–H groups in total. The number of rotatable bonds is 6. The number of amides is 1. The van der Waals surface area contributed by atoms with Gasteiger partial charge < -0.3 is 5.32 Å². The summed E-state index contributed by atoms with van der Waals surface area (Å²) in [6, 6.07) is 5.54. The van der Waals surface area contributed by atoms with Gasteiger partial charge in [0.25, 0.3) is 0 Å². The Bertz CT molecular complexity index is 961. The summed E-state index contributed by atoms with van der Waals surface area (Å²) >= 11 is 0. The molecule has 1 amide bonds. The van der Waals surface area contributed by atoms with E-state index >= 15 is 0 Å². The number of benzene rings is 1. The van der Waals surface area contributed by atoms with Crippen LogP contribution in [0.4, 0.5) is 10.1 Å². The zero-order valence-electron chi connectivity index (χ0n) is 19.7. The number of nitrogens with one attached hydrogen (secondary N) is 1. The average Bonchev–Trinajstić information content (AvgIpc) is 2.78. The van der Waals surface area contributed by atoms with Crippen molar-refractivity contribution in [2.24, 2.45) is 29.1 Å². The number of piperidine rings is 1. The van der Waals surface area contributed by atoms with Gasteiger partial charge in [-0.05, 0) is 106 Å². The van der Waals surface area contributed by atoms with Crippen molar-refractivity contribution in [1.82, 2.24) is 9.62 Å². The summed E-state index contributed by atoms with van der Waals surface area (Å²) in [5.74, 6) is 1.72. The van der Waals surface area contributed by atoms with E-state index in [-0.39, 0.29) is 29.8 Å². The Morgan fingerprint density at radius 2 is 1.70 bits per heavy atom. The maximum atomic E-state index is 13.3. The number of hydrogen-bond donors (Lipinski definition) is 1. The van der Waals surface area contributed by atoms with E-state index in [9.17, 15) is 17.6 Å². The van der Waals surface area contributed by atoms with Crippen LogP contribution >= 0.6 is 0 Å². The summed E-state index contributed by atoms with van der Waals surface area (Å²) in [6.45, 7) is 2.75. The molecule has 6 nitrogen and oxygen atoms in total. The highest BCUT2D eigenvalue weighted by Gasteiger charge is 2.53. The normalized spacial score (nSPS) is 34.8. The Kier molecular flexibility index (Phi) is 5.96. The molecule has 4 saturated carbocycles.